The predicted molar refractivity (Wildman–Crippen MR) is 134 cm³/mol. The van der Waals surface area contributed by atoms with Gasteiger partial charge in [0.1, 0.15) is 11.3 Å². The molecule has 0 saturated heterocycles. The Kier molecular flexibility index (Phi) is 5.98. The fourth-order valence-corrected chi connectivity index (χ4v) is 4.81. The molecule has 1 aliphatic rings. The van der Waals surface area contributed by atoms with Crippen LogP contribution in [0, 0.1) is 0 Å². The number of halogens is 1. The van der Waals surface area contributed by atoms with Gasteiger partial charge in [0.15, 0.2) is 16.9 Å². The van der Waals surface area contributed by atoms with Crippen molar-refractivity contribution in [3.8, 4) is 17.2 Å². The molecule has 7 nitrogen and oxygen atoms in total. The minimum atomic E-state index is -0.668. The Morgan fingerprint density at radius 3 is 2.31 bits per heavy atom. The number of amides is 1. The number of hydrogen-bond acceptors (Lipinski definition) is 6. The molecule has 0 N–H and O–H groups in total. The molecular weight excluding hydrogens is 514 g/mol. The van der Waals surface area contributed by atoms with Gasteiger partial charge in [-0.2, -0.15) is 0 Å². The second-order valence-electron chi connectivity index (χ2n) is 8.11. The normalized spacial score (nSPS) is 14.8. The lowest BCUT2D eigenvalue weighted by atomic mass is 9.97. The Morgan fingerprint density at radius 2 is 1.63 bits per heavy atom. The third kappa shape index (κ3) is 3.93. The maximum atomic E-state index is 13.7. The van der Waals surface area contributed by atoms with Gasteiger partial charge in [0.2, 0.25) is 5.76 Å². The van der Waals surface area contributed by atoms with Gasteiger partial charge < -0.3 is 23.5 Å². The highest BCUT2D eigenvalue weighted by Gasteiger charge is 2.43. The summed E-state index contributed by atoms with van der Waals surface area (Å²) in [6.45, 7) is 0.269. The van der Waals surface area contributed by atoms with Crippen LogP contribution in [0.1, 0.15) is 33.3 Å². The average molecular weight is 536 g/mol. The van der Waals surface area contributed by atoms with E-state index in [-0.39, 0.29) is 23.6 Å². The smallest absolute Gasteiger partial charge is 0.291 e. The SMILES string of the molecule is COc1ccc(CN2C(=O)c3oc4ccc(Br)cc4c(=O)c3C2c2ccc(OC)c(OC)c2)cc1. The van der Waals surface area contributed by atoms with E-state index in [1.807, 2.05) is 30.3 Å². The van der Waals surface area contributed by atoms with Crippen LogP contribution in [-0.2, 0) is 6.54 Å². The molecule has 1 amide bonds. The Hall–Kier alpha value is -3.78. The van der Waals surface area contributed by atoms with E-state index in [4.69, 9.17) is 18.6 Å². The van der Waals surface area contributed by atoms with E-state index in [1.54, 1.807) is 56.6 Å². The molecule has 2 heterocycles. The fraction of sp³-hybridized carbons (Fsp3) is 0.185. The summed E-state index contributed by atoms with van der Waals surface area (Å²) in [5, 5.41) is 0.405. The number of carbonyl (C=O) groups excluding carboxylic acids is 1. The summed E-state index contributed by atoms with van der Waals surface area (Å²) in [5.74, 6) is 1.48. The summed E-state index contributed by atoms with van der Waals surface area (Å²) in [4.78, 5) is 29.0. The number of benzene rings is 3. The topological polar surface area (TPSA) is 78.2 Å². The summed E-state index contributed by atoms with van der Waals surface area (Å²) in [6, 6.07) is 17.4. The molecule has 0 saturated carbocycles. The lowest BCUT2D eigenvalue weighted by Gasteiger charge is -2.26. The number of rotatable bonds is 6. The highest BCUT2D eigenvalue weighted by Crippen LogP contribution is 2.41. The van der Waals surface area contributed by atoms with E-state index in [2.05, 4.69) is 15.9 Å². The Bertz CT molecular complexity index is 1490. The van der Waals surface area contributed by atoms with Crippen molar-refractivity contribution in [2.24, 2.45) is 0 Å². The number of nitrogens with zero attached hydrogens (tertiary/aromatic N) is 1. The van der Waals surface area contributed by atoms with E-state index in [0.29, 0.717) is 33.6 Å². The van der Waals surface area contributed by atoms with Crippen molar-refractivity contribution < 1.29 is 23.4 Å². The fourth-order valence-electron chi connectivity index (χ4n) is 4.45. The van der Waals surface area contributed by atoms with E-state index in [1.165, 1.54) is 0 Å². The molecule has 1 atom stereocenters. The van der Waals surface area contributed by atoms with Crippen LogP contribution in [0.4, 0.5) is 0 Å². The van der Waals surface area contributed by atoms with Crippen LogP contribution in [0.15, 0.2) is 74.3 Å². The second-order valence-corrected chi connectivity index (χ2v) is 9.03. The monoisotopic (exact) mass is 535 g/mol. The zero-order valence-electron chi connectivity index (χ0n) is 19.3. The number of fused-ring (bicyclic) bond motifs is 2. The largest absolute Gasteiger partial charge is 0.497 e. The van der Waals surface area contributed by atoms with Crippen LogP contribution in [0.3, 0.4) is 0 Å². The van der Waals surface area contributed by atoms with E-state index in [9.17, 15) is 9.59 Å². The lowest BCUT2D eigenvalue weighted by molar-refractivity contribution is 0.0714. The summed E-state index contributed by atoms with van der Waals surface area (Å²) >= 11 is 3.42. The van der Waals surface area contributed by atoms with Crippen molar-refractivity contribution in [3.05, 3.63) is 97.8 Å². The van der Waals surface area contributed by atoms with Gasteiger partial charge in [-0.3, -0.25) is 9.59 Å². The first-order chi connectivity index (χ1) is 16.9. The zero-order chi connectivity index (χ0) is 24.7. The third-order valence-corrected chi connectivity index (χ3v) is 6.66. The molecule has 178 valence electrons. The standard InChI is InChI=1S/C27H22BrNO6/c1-32-18-8-4-15(5-9-18)14-29-24(16-6-10-21(33-2)22(12-16)34-3)23-25(30)19-13-17(28)7-11-20(19)35-26(23)27(29)31/h4-13,24H,14H2,1-3H3. The Balaban J connectivity index is 1.70. The van der Waals surface area contributed by atoms with E-state index < -0.39 is 6.04 Å². The summed E-state index contributed by atoms with van der Waals surface area (Å²) in [5.41, 5.74) is 2.03. The number of carbonyl (C=O) groups is 1. The molecule has 1 unspecified atom stereocenters. The molecule has 0 aliphatic carbocycles. The number of methoxy groups -OCH3 is 3. The lowest BCUT2D eigenvalue weighted by Crippen LogP contribution is -2.29. The molecule has 0 spiro atoms. The van der Waals surface area contributed by atoms with Crippen molar-refractivity contribution >= 4 is 32.8 Å². The van der Waals surface area contributed by atoms with E-state index in [0.717, 1.165) is 15.8 Å². The van der Waals surface area contributed by atoms with Crippen LogP contribution in [0.5, 0.6) is 17.2 Å². The van der Waals surface area contributed by atoms with Crippen molar-refractivity contribution in [2.45, 2.75) is 12.6 Å². The van der Waals surface area contributed by atoms with Gasteiger partial charge in [-0.25, -0.2) is 0 Å². The van der Waals surface area contributed by atoms with Crippen LogP contribution in [0.2, 0.25) is 0 Å². The zero-order valence-corrected chi connectivity index (χ0v) is 20.9. The number of hydrogen-bond donors (Lipinski definition) is 0. The molecule has 1 aromatic heterocycles. The molecular formula is C27H22BrNO6. The quantitative estimate of drug-likeness (QED) is 0.332. The van der Waals surface area contributed by atoms with Crippen molar-refractivity contribution in [1.82, 2.24) is 4.90 Å². The number of ether oxygens (including phenoxy) is 3. The van der Waals surface area contributed by atoms with Gasteiger partial charge in [0, 0.05) is 11.0 Å². The van der Waals surface area contributed by atoms with Gasteiger partial charge in [-0.05, 0) is 53.6 Å². The van der Waals surface area contributed by atoms with Gasteiger partial charge in [-0.1, -0.05) is 34.1 Å². The summed E-state index contributed by atoms with van der Waals surface area (Å²) in [7, 11) is 4.70. The molecule has 0 bridgehead atoms. The Morgan fingerprint density at radius 1 is 0.886 bits per heavy atom. The average Bonchev–Trinajstić information content (AvgIpc) is 3.16. The first kappa shape index (κ1) is 23.0. The van der Waals surface area contributed by atoms with Crippen LogP contribution in [0.25, 0.3) is 11.0 Å². The third-order valence-electron chi connectivity index (χ3n) is 6.16. The maximum absolute atomic E-state index is 13.7. The van der Waals surface area contributed by atoms with Gasteiger partial charge in [-0.15, -0.1) is 0 Å². The maximum Gasteiger partial charge on any atom is 0.291 e. The molecule has 0 radical (unpaired) electrons. The van der Waals surface area contributed by atoms with Crippen LogP contribution < -0.4 is 19.6 Å². The highest BCUT2D eigenvalue weighted by molar-refractivity contribution is 9.10. The van der Waals surface area contributed by atoms with Gasteiger partial charge in [0.05, 0.1) is 38.3 Å². The minimum Gasteiger partial charge on any atom is -0.497 e. The van der Waals surface area contributed by atoms with Crippen molar-refractivity contribution in [2.75, 3.05) is 21.3 Å². The molecule has 8 heteroatoms. The Labute approximate surface area is 210 Å². The summed E-state index contributed by atoms with van der Waals surface area (Å²) in [6.07, 6.45) is 0. The van der Waals surface area contributed by atoms with Crippen LogP contribution in [-0.4, -0.2) is 32.1 Å². The van der Waals surface area contributed by atoms with Crippen molar-refractivity contribution in [3.63, 3.8) is 0 Å². The first-order valence-corrected chi connectivity index (χ1v) is 11.7. The molecule has 35 heavy (non-hydrogen) atoms. The molecule has 5 rings (SSSR count). The summed E-state index contributed by atoms with van der Waals surface area (Å²) < 4.78 is 22.9. The molecule has 3 aromatic carbocycles. The first-order valence-electron chi connectivity index (χ1n) is 10.9. The van der Waals surface area contributed by atoms with E-state index >= 15 is 0 Å². The van der Waals surface area contributed by atoms with Crippen LogP contribution >= 0.6 is 15.9 Å². The minimum absolute atomic E-state index is 0.0538. The van der Waals surface area contributed by atoms with Crippen molar-refractivity contribution in [1.29, 1.82) is 0 Å². The predicted octanol–water partition coefficient (Wildman–Crippen LogP) is 5.33. The van der Waals surface area contributed by atoms with Gasteiger partial charge >= 0.3 is 0 Å². The molecule has 4 aromatic rings. The highest BCUT2D eigenvalue weighted by atomic mass is 79.9. The molecule has 1 aliphatic heterocycles. The van der Waals surface area contributed by atoms with Gasteiger partial charge in [0.25, 0.3) is 5.91 Å². The second kappa shape index (κ2) is 9.11. The molecule has 0 fully saturated rings.